The number of hydrogen-bond donors (Lipinski definition) is 3. The molecule has 0 spiro atoms. The Hall–Kier alpha value is -1.54. The molecule has 0 heterocycles. The minimum atomic E-state index is -4.35. The summed E-state index contributed by atoms with van der Waals surface area (Å²) in [5, 5.41) is 13.9. The third-order valence-corrected chi connectivity index (χ3v) is 14.5. The topological polar surface area (TPSA) is 105 Å². The number of likely N-dealkylation sites (N-methyl/N-ethyl adjacent to an activating group) is 1. The largest absolute Gasteiger partial charge is 0.472 e. The van der Waals surface area contributed by atoms with Crippen molar-refractivity contribution in [3.8, 4) is 0 Å². The summed E-state index contributed by atoms with van der Waals surface area (Å²) in [5.74, 6) is -0.188. The van der Waals surface area contributed by atoms with Crippen molar-refractivity contribution in [3.05, 3.63) is 48.6 Å². The molecule has 3 atom stereocenters. The maximum Gasteiger partial charge on any atom is 0.472 e. The van der Waals surface area contributed by atoms with Gasteiger partial charge in [-0.1, -0.05) is 255 Å². The van der Waals surface area contributed by atoms with Crippen LogP contribution in [-0.2, 0) is 18.4 Å². The molecule has 3 unspecified atom stereocenters. The maximum atomic E-state index is 12.9. The first-order valence-corrected chi connectivity index (χ1v) is 31.5. The molecule has 70 heavy (non-hydrogen) atoms. The van der Waals surface area contributed by atoms with Gasteiger partial charge in [-0.2, -0.15) is 0 Å². The van der Waals surface area contributed by atoms with Gasteiger partial charge in [-0.05, 0) is 70.6 Å². The number of amides is 1. The Balaban J connectivity index is 3.96. The molecule has 0 saturated carbocycles. The number of rotatable bonds is 55. The van der Waals surface area contributed by atoms with E-state index in [2.05, 4.69) is 55.6 Å². The summed E-state index contributed by atoms with van der Waals surface area (Å²) in [7, 11) is 1.55. The van der Waals surface area contributed by atoms with Gasteiger partial charge in [-0.15, -0.1) is 0 Å². The van der Waals surface area contributed by atoms with E-state index in [9.17, 15) is 19.4 Å². The Morgan fingerprint density at radius 2 is 0.786 bits per heavy atom. The summed E-state index contributed by atoms with van der Waals surface area (Å²) in [5.41, 5.74) is 0. The number of carbonyl (C=O) groups excluding carboxylic acids is 1. The van der Waals surface area contributed by atoms with Gasteiger partial charge in [0, 0.05) is 6.42 Å². The maximum absolute atomic E-state index is 12.9. The highest BCUT2D eigenvalue weighted by Crippen LogP contribution is 2.43. The summed E-state index contributed by atoms with van der Waals surface area (Å²) >= 11 is 0. The summed E-state index contributed by atoms with van der Waals surface area (Å²) in [6, 6.07) is -0.868. The van der Waals surface area contributed by atoms with E-state index >= 15 is 0 Å². The van der Waals surface area contributed by atoms with Crippen LogP contribution in [0.1, 0.15) is 284 Å². The fraction of sp³-hybridized carbons (Fsp3) is 0.852. The second kappa shape index (κ2) is 52.3. The number of unbranched alkanes of at least 4 members (excludes halogenated alkanes) is 36. The number of aliphatic hydroxyl groups is 1. The third kappa shape index (κ3) is 54.2. The number of nitrogens with zero attached hydrogens (tertiary/aromatic N) is 1. The molecule has 3 N–H and O–H groups in total. The highest BCUT2D eigenvalue weighted by Gasteiger charge is 2.27. The van der Waals surface area contributed by atoms with E-state index < -0.39 is 20.0 Å². The highest BCUT2D eigenvalue weighted by atomic mass is 31.2. The zero-order chi connectivity index (χ0) is 51.3. The Bertz CT molecular complexity index is 1280. The smallest absolute Gasteiger partial charge is 0.387 e. The van der Waals surface area contributed by atoms with Crippen LogP contribution in [0.15, 0.2) is 48.6 Å². The Morgan fingerprint density at radius 1 is 0.471 bits per heavy atom. The second-order valence-electron chi connectivity index (χ2n) is 21.7. The van der Waals surface area contributed by atoms with Crippen LogP contribution >= 0.6 is 7.82 Å². The van der Waals surface area contributed by atoms with Crippen LogP contribution in [0.25, 0.3) is 0 Å². The monoisotopic (exact) mass is 1010 g/mol. The quantitative estimate of drug-likeness (QED) is 0.0243. The predicted octanol–water partition coefficient (Wildman–Crippen LogP) is 18.3. The van der Waals surface area contributed by atoms with Crippen molar-refractivity contribution in [2.24, 2.45) is 0 Å². The number of allylic oxidation sites excluding steroid dienone is 7. The standard InChI is InChI=1S/C61H117N2O6P/c1-6-8-10-12-14-16-18-20-21-22-23-24-25-26-27-28-29-30-31-32-33-34-35-36-37-38-39-40-41-43-45-47-49-51-53-55-61(65)62-59(58-69-70(66,67)68-57-56-63(3,4)5)60(64)54-52-50-48-46-44-42-19-17-15-13-11-9-7-2/h15,17,22-23,44,46,52,54,59-60,64H,6-14,16,18-21,24-43,45,47-51,53,55-58H2,1-5H3,(H-,62,65,66,67)/p+1/b17-15+,23-22-,46-44+,54-52+. The number of phosphoric ester groups is 1. The molecule has 0 rings (SSSR count). The van der Waals surface area contributed by atoms with E-state index in [1.54, 1.807) is 6.08 Å². The third-order valence-electron chi connectivity index (χ3n) is 13.5. The fourth-order valence-corrected chi connectivity index (χ4v) is 9.51. The molecule has 412 valence electrons. The number of phosphoric acid groups is 1. The molecule has 9 heteroatoms. The van der Waals surface area contributed by atoms with Crippen LogP contribution < -0.4 is 5.32 Å². The molecule has 0 radical (unpaired) electrons. The van der Waals surface area contributed by atoms with Gasteiger partial charge in [0.05, 0.1) is 39.9 Å². The number of hydrogen-bond acceptors (Lipinski definition) is 5. The Kier molecular flexibility index (Phi) is 51.2. The second-order valence-corrected chi connectivity index (χ2v) is 23.2. The van der Waals surface area contributed by atoms with Gasteiger partial charge in [-0.3, -0.25) is 13.8 Å². The van der Waals surface area contributed by atoms with Crippen molar-refractivity contribution < 1.29 is 32.9 Å². The van der Waals surface area contributed by atoms with Gasteiger partial charge in [0.25, 0.3) is 0 Å². The zero-order valence-corrected chi connectivity index (χ0v) is 47.9. The van der Waals surface area contributed by atoms with Crippen LogP contribution in [0, 0.1) is 0 Å². The Morgan fingerprint density at radius 3 is 1.17 bits per heavy atom. The molecule has 0 aliphatic rings. The lowest BCUT2D eigenvalue weighted by atomic mass is 10.0. The summed E-state index contributed by atoms with van der Waals surface area (Å²) in [6.07, 6.45) is 69.6. The molecule has 0 aliphatic carbocycles. The van der Waals surface area contributed by atoms with E-state index in [1.807, 2.05) is 27.2 Å². The van der Waals surface area contributed by atoms with E-state index in [-0.39, 0.29) is 19.1 Å². The van der Waals surface area contributed by atoms with Crippen molar-refractivity contribution in [1.29, 1.82) is 0 Å². The van der Waals surface area contributed by atoms with Crippen molar-refractivity contribution in [1.82, 2.24) is 5.32 Å². The van der Waals surface area contributed by atoms with Gasteiger partial charge in [0.15, 0.2) is 0 Å². The Labute approximate surface area is 435 Å². The molecular weight excluding hydrogens is 888 g/mol. The first kappa shape index (κ1) is 68.5. The van der Waals surface area contributed by atoms with Crippen molar-refractivity contribution in [2.45, 2.75) is 296 Å². The number of carbonyl (C=O) groups is 1. The van der Waals surface area contributed by atoms with E-state index in [1.165, 1.54) is 212 Å². The zero-order valence-electron chi connectivity index (χ0n) is 47.0. The minimum absolute atomic E-state index is 0.0540. The van der Waals surface area contributed by atoms with E-state index in [4.69, 9.17) is 9.05 Å². The lowest BCUT2D eigenvalue weighted by Gasteiger charge is -2.25. The number of aliphatic hydroxyl groups excluding tert-OH is 1. The summed E-state index contributed by atoms with van der Waals surface area (Å²) < 4.78 is 23.6. The predicted molar refractivity (Wildman–Crippen MR) is 304 cm³/mol. The molecule has 0 aromatic rings. The van der Waals surface area contributed by atoms with Gasteiger partial charge in [-0.25, -0.2) is 4.57 Å². The average Bonchev–Trinajstić information content (AvgIpc) is 3.32. The van der Waals surface area contributed by atoms with E-state index in [0.29, 0.717) is 17.4 Å². The molecule has 0 saturated heterocycles. The SMILES string of the molecule is CCCCC/C=C/CC/C=C/CC/C=C/C(O)C(COP(=O)(O)OCC[N+](C)(C)C)NC(=O)CCCCCCCCCCCCCCCCCCCCCCCCC/C=C\CCCCCCCCCC. The van der Waals surface area contributed by atoms with Crippen LogP contribution in [0.5, 0.6) is 0 Å². The highest BCUT2D eigenvalue weighted by molar-refractivity contribution is 7.47. The van der Waals surface area contributed by atoms with Crippen molar-refractivity contribution in [2.75, 3.05) is 40.9 Å². The lowest BCUT2D eigenvalue weighted by molar-refractivity contribution is -0.870. The molecule has 8 nitrogen and oxygen atoms in total. The normalized spacial score (nSPS) is 14.2. The van der Waals surface area contributed by atoms with Crippen molar-refractivity contribution in [3.63, 3.8) is 0 Å². The van der Waals surface area contributed by atoms with Crippen LogP contribution in [-0.4, -0.2) is 73.4 Å². The first-order chi connectivity index (χ1) is 34.0. The van der Waals surface area contributed by atoms with Gasteiger partial charge >= 0.3 is 7.82 Å². The molecular formula is C61H118N2O6P+. The van der Waals surface area contributed by atoms with Crippen molar-refractivity contribution >= 4 is 13.7 Å². The summed E-state index contributed by atoms with van der Waals surface area (Å²) in [6.45, 7) is 4.77. The molecule has 0 aliphatic heterocycles. The van der Waals surface area contributed by atoms with Crippen LogP contribution in [0.4, 0.5) is 0 Å². The van der Waals surface area contributed by atoms with Gasteiger partial charge < -0.3 is 19.8 Å². The molecule has 0 aromatic heterocycles. The molecule has 0 aromatic carbocycles. The minimum Gasteiger partial charge on any atom is -0.387 e. The van der Waals surface area contributed by atoms with Gasteiger partial charge in [0.2, 0.25) is 5.91 Å². The molecule has 1 amide bonds. The van der Waals surface area contributed by atoms with Crippen LogP contribution in [0.2, 0.25) is 0 Å². The molecule has 0 fully saturated rings. The van der Waals surface area contributed by atoms with E-state index in [0.717, 1.165) is 51.4 Å². The molecule has 0 bridgehead atoms. The van der Waals surface area contributed by atoms with Crippen LogP contribution in [0.3, 0.4) is 0 Å². The lowest BCUT2D eigenvalue weighted by Crippen LogP contribution is -2.45. The fourth-order valence-electron chi connectivity index (χ4n) is 8.78. The average molecular weight is 1010 g/mol. The number of quaternary nitrogens is 1. The van der Waals surface area contributed by atoms with Gasteiger partial charge in [0.1, 0.15) is 13.2 Å². The number of nitrogens with one attached hydrogen (secondary N) is 1. The summed E-state index contributed by atoms with van der Waals surface area (Å²) in [4.78, 5) is 23.2. The first-order valence-electron chi connectivity index (χ1n) is 30.0.